The van der Waals surface area contributed by atoms with Crippen LogP contribution in [0.1, 0.15) is 28.2 Å². The number of aromatic nitrogens is 2. The van der Waals surface area contributed by atoms with Gasteiger partial charge in [0.25, 0.3) is 5.91 Å². The highest BCUT2D eigenvalue weighted by Crippen LogP contribution is 2.36. The van der Waals surface area contributed by atoms with Crippen molar-refractivity contribution in [3.63, 3.8) is 0 Å². The van der Waals surface area contributed by atoms with Gasteiger partial charge in [0.1, 0.15) is 11.5 Å². The Morgan fingerprint density at radius 1 is 1.25 bits per heavy atom. The Labute approximate surface area is 212 Å². The number of methoxy groups -OCH3 is 1. The predicted molar refractivity (Wildman–Crippen MR) is 138 cm³/mol. The number of hydrogen-bond donors (Lipinski definition) is 2. The van der Waals surface area contributed by atoms with E-state index in [-0.39, 0.29) is 24.6 Å². The van der Waals surface area contributed by atoms with E-state index in [9.17, 15) is 9.59 Å². The van der Waals surface area contributed by atoms with Gasteiger partial charge in [0.2, 0.25) is 0 Å². The zero-order valence-electron chi connectivity index (χ0n) is 20.2. The molecular formula is C26H28N4O5S. The number of aliphatic hydroxyl groups excluding tert-OH is 1. The van der Waals surface area contributed by atoms with E-state index >= 15 is 0 Å². The standard InChI is InChI=1S/C26H28N4O5S/c1-16-12-17-13-18(4-5-21(17)30(16)26(33)28-8-3-11-31)35-22-6-9-27-20-14-23(36-24(20)22)25(32)29-10-7-19(15-29)34-2/h4-6,9,12-14,19,31H,3,7-8,10-11,15H2,1-2H3,(H,28,33). The molecule has 188 valence electrons. The Kier molecular flexibility index (Phi) is 6.90. The Hall–Kier alpha value is -3.47. The average Bonchev–Trinajstić information content (AvgIpc) is 3.60. The smallest absolute Gasteiger partial charge is 0.326 e. The lowest BCUT2D eigenvalue weighted by molar-refractivity contribution is 0.0728. The number of aryl methyl sites for hydroxylation is 1. The van der Waals surface area contributed by atoms with E-state index in [1.54, 1.807) is 23.9 Å². The van der Waals surface area contributed by atoms with Crippen LogP contribution in [0.4, 0.5) is 4.79 Å². The number of likely N-dealkylation sites (tertiary alicyclic amines) is 1. The van der Waals surface area contributed by atoms with Gasteiger partial charge in [-0.15, -0.1) is 11.3 Å². The Balaban J connectivity index is 1.38. The first-order valence-electron chi connectivity index (χ1n) is 11.9. The first-order chi connectivity index (χ1) is 17.5. The second-order valence-corrected chi connectivity index (χ2v) is 9.84. The number of fused-ring (bicyclic) bond motifs is 2. The van der Waals surface area contributed by atoms with Gasteiger partial charge in [-0.05, 0) is 50.1 Å². The number of pyridine rings is 1. The van der Waals surface area contributed by atoms with Gasteiger partial charge in [-0.2, -0.15) is 0 Å². The SMILES string of the molecule is COC1CCN(C(=O)c2cc3nccc(Oc4ccc5c(c4)cc(C)n5C(=O)NCCCO)c3s2)C1. The fraction of sp³-hybridized carbons (Fsp3) is 0.346. The number of nitrogens with zero attached hydrogens (tertiary/aromatic N) is 3. The predicted octanol–water partition coefficient (Wildman–Crippen LogP) is 4.15. The minimum Gasteiger partial charge on any atom is -0.456 e. The third-order valence-corrected chi connectivity index (χ3v) is 7.48. The summed E-state index contributed by atoms with van der Waals surface area (Å²) in [5.74, 6) is 1.23. The lowest BCUT2D eigenvalue weighted by atomic mass is 10.2. The number of hydrogen-bond acceptors (Lipinski definition) is 7. The van der Waals surface area contributed by atoms with Gasteiger partial charge in [-0.25, -0.2) is 4.79 Å². The number of amides is 2. The molecule has 2 N–H and O–H groups in total. The molecule has 9 nitrogen and oxygen atoms in total. The molecule has 1 aliphatic heterocycles. The second kappa shape index (κ2) is 10.3. The zero-order chi connectivity index (χ0) is 25.2. The van der Waals surface area contributed by atoms with Crippen molar-refractivity contribution >= 4 is 44.4 Å². The van der Waals surface area contributed by atoms with E-state index in [2.05, 4.69) is 10.3 Å². The third-order valence-electron chi connectivity index (χ3n) is 6.35. The highest BCUT2D eigenvalue weighted by molar-refractivity contribution is 7.21. The fourth-order valence-corrected chi connectivity index (χ4v) is 5.54. The molecule has 10 heteroatoms. The van der Waals surface area contributed by atoms with Crippen LogP contribution in [0.5, 0.6) is 11.5 Å². The molecule has 0 saturated carbocycles. The number of benzene rings is 1. The number of rotatable bonds is 7. The monoisotopic (exact) mass is 508 g/mol. The molecule has 4 aromatic rings. The Morgan fingerprint density at radius 2 is 2.11 bits per heavy atom. The van der Waals surface area contributed by atoms with E-state index in [0.29, 0.717) is 47.9 Å². The number of thiophene rings is 1. The molecule has 1 aliphatic rings. The van der Waals surface area contributed by atoms with E-state index in [1.807, 2.05) is 42.2 Å². The van der Waals surface area contributed by atoms with Crippen molar-refractivity contribution in [3.05, 3.63) is 53.2 Å². The highest BCUT2D eigenvalue weighted by atomic mass is 32.1. The summed E-state index contributed by atoms with van der Waals surface area (Å²) in [6.07, 6.45) is 3.10. The van der Waals surface area contributed by atoms with Crippen LogP contribution < -0.4 is 10.1 Å². The van der Waals surface area contributed by atoms with Crippen LogP contribution in [0, 0.1) is 6.92 Å². The molecule has 1 fully saturated rings. The number of carbonyl (C=O) groups excluding carboxylic acids is 2. The van der Waals surface area contributed by atoms with Gasteiger partial charge in [-0.3, -0.25) is 14.3 Å². The number of aliphatic hydroxyl groups is 1. The number of ether oxygens (including phenoxy) is 2. The molecule has 1 aromatic carbocycles. The molecular weight excluding hydrogens is 480 g/mol. The molecule has 5 rings (SSSR count). The molecule has 36 heavy (non-hydrogen) atoms. The Bertz CT molecular complexity index is 1430. The van der Waals surface area contributed by atoms with E-state index < -0.39 is 0 Å². The summed E-state index contributed by atoms with van der Waals surface area (Å²) in [5.41, 5.74) is 2.28. The van der Waals surface area contributed by atoms with Crippen LogP contribution in [-0.2, 0) is 4.74 Å². The van der Waals surface area contributed by atoms with E-state index in [1.165, 1.54) is 11.3 Å². The second-order valence-electron chi connectivity index (χ2n) is 8.78. The van der Waals surface area contributed by atoms with Gasteiger partial charge < -0.3 is 24.8 Å². The van der Waals surface area contributed by atoms with Gasteiger partial charge in [-0.1, -0.05) is 0 Å². The molecule has 1 unspecified atom stereocenters. The van der Waals surface area contributed by atoms with Crippen LogP contribution in [0.2, 0.25) is 0 Å². The quantitative estimate of drug-likeness (QED) is 0.363. The molecule has 0 aliphatic carbocycles. The first kappa shape index (κ1) is 24.2. The van der Waals surface area contributed by atoms with Gasteiger partial charge in [0.05, 0.1) is 26.7 Å². The van der Waals surface area contributed by atoms with Crippen molar-refractivity contribution < 1.29 is 24.2 Å². The van der Waals surface area contributed by atoms with Crippen LogP contribution in [-0.4, -0.2) is 71.0 Å². The maximum absolute atomic E-state index is 13.0. The third kappa shape index (κ3) is 4.67. The van der Waals surface area contributed by atoms with E-state index in [4.69, 9.17) is 14.6 Å². The highest BCUT2D eigenvalue weighted by Gasteiger charge is 2.28. The molecule has 1 atom stereocenters. The zero-order valence-corrected chi connectivity index (χ0v) is 21.0. The molecule has 0 radical (unpaired) electrons. The van der Waals surface area contributed by atoms with Gasteiger partial charge in [0.15, 0.2) is 0 Å². The van der Waals surface area contributed by atoms with Crippen molar-refractivity contribution in [2.24, 2.45) is 0 Å². The molecule has 3 aromatic heterocycles. The molecule has 1 saturated heterocycles. The van der Waals surface area contributed by atoms with Crippen molar-refractivity contribution in [2.45, 2.75) is 25.9 Å². The van der Waals surface area contributed by atoms with Crippen LogP contribution in [0.3, 0.4) is 0 Å². The van der Waals surface area contributed by atoms with Gasteiger partial charge >= 0.3 is 6.03 Å². The van der Waals surface area contributed by atoms with Gasteiger partial charge in [0, 0.05) is 56.7 Å². The van der Waals surface area contributed by atoms with Crippen molar-refractivity contribution in [3.8, 4) is 11.5 Å². The lowest BCUT2D eigenvalue weighted by Gasteiger charge is -2.14. The topological polar surface area (TPSA) is 106 Å². The van der Waals surface area contributed by atoms with Crippen LogP contribution >= 0.6 is 11.3 Å². The van der Waals surface area contributed by atoms with E-state index in [0.717, 1.165) is 27.7 Å². The Morgan fingerprint density at radius 3 is 2.89 bits per heavy atom. The largest absolute Gasteiger partial charge is 0.456 e. The molecule has 0 bridgehead atoms. The molecule has 0 spiro atoms. The summed E-state index contributed by atoms with van der Waals surface area (Å²) < 4.78 is 14.0. The summed E-state index contributed by atoms with van der Waals surface area (Å²) in [6, 6.07) is 10.9. The lowest BCUT2D eigenvalue weighted by Crippen LogP contribution is -2.30. The average molecular weight is 509 g/mol. The summed E-state index contributed by atoms with van der Waals surface area (Å²) in [7, 11) is 1.67. The summed E-state index contributed by atoms with van der Waals surface area (Å²) >= 11 is 1.38. The fourth-order valence-electron chi connectivity index (χ4n) is 4.51. The minimum atomic E-state index is -0.230. The summed E-state index contributed by atoms with van der Waals surface area (Å²) in [4.78, 5) is 32.5. The van der Waals surface area contributed by atoms with Crippen molar-refractivity contribution in [2.75, 3.05) is 33.4 Å². The maximum Gasteiger partial charge on any atom is 0.326 e. The molecule has 2 amide bonds. The summed E-state index contributed by atoms with van der Waals surface area (Å²) in [5, 5.41) is 12.6. The van der Waals surface area contributed by atoms with Crippen LogP contribution in [0.25, 0.3) is 21.1 Å². The first-order valence-corrected chi connectivity index (χ1v) is 12.7. The number of nitrogens with one attached hydrogen (secondary N) is 1. The van der Waals surface area contributed by atoms with Crippen molar-refractivity contribution in [1.82, 2.24) is 19.8 Å². The summed E-state index contributed by atoms with van der Waals surface area (Å²) in [6.45, 7) is 3.59. The van der Waals surface area contributed by atoms with Crippen LogP contribution in [0.15, 0.2) is 42.6 Å². The normalized spacial score (nSPS) is 15.6. The maximum atomic E-state index is 13.0. The minimum absolute atomic E-state index is 0.0148. The number of carbonyl (C=O) groups is 2. The van der Waals surface area contributed by atoms with Crippen molar-refractivity contribution in [1.29, 1.82) is 0 Å². The molecule has 4 heterocycles.